The van der Waals surface area contributed by atoms with Gasteiger partial charge < -0.3 is 4.74 Å². The molecule has 1 N–H and O–H groups in total. The summed E-state index contributed by atoms with van der Waals surface area (Å²) in [5.41, 5.74) is 1.99. The Morgan fingerprint density at radius 1 is 1.04 bits per heavy atom. The van der Waals surface area contributed by atoms with E-state index in [1.54, 1.807) is 30.5 Å². The number of aromatic amines is 1. The summed E-state index contributed by atoms with van der Waals surface area (Å²) < 4.78 is 6.18. The molecule has 3 aromatic rings. The number of carbonyl (C=O) groups is 2. The monoisotopic (exact) mass is 361 g/mol. The van der Waals surface area contributed by atoms with Crippen molar-refractivity contribution in [1.29, 1.82) is 0 Å². The van der Waals surface area contributed by atoms with Crippen LogP contribution in [0.3, 0.4) is 0 Å². The van der Waals surface area contributed by atoms with E-state index in [0.29, 0.717) is 17.5 Å². The van der Waals surface area contributed by atoms with Gasteiger partial charge in [0.25, 0.3) is 11.8 Å². The number of H-pyrrole nitrogens is 1. The van der Waals surface area contributed by atoms with Crippen LogP contribution >= 0.6 is 0 Å². The number of hydrogen-bond acceptors (Lipinski definition) is 4. The third-order valence-corrected chi connectivity index (χ3v) is 5.50. The van der Waals surface area contributed by atoms with Crippen LogP contribution < -0.4 is 4.74 Å². The lowest BCUT2D eigenvalue weighted by Gasteiger charge is -2.34. The van der Waals surface area contributed by atoms with E-state index >= 15 is 0 Å². The average molecular weight is 361 g/mol. The largest absolute Gasteiger partial charge is 0.490 e. The molecule has 27 heavy (non-hydrogen) atoms. The molecule has 5 rings (SSSR count). The second kappa shape index (κ2) is 6.23. The molecule has 0 unspecified atom stereocenters. The third kappa shape index (κ3) is 2.68. The molecule has 0 bridgehead atoms. The van der Waals surface area contributed by atoms with Crippen molar-refractivity contribution in [2.45, 2.75) is 37.8 Å². The average Bonchev–Trinajstić information content (AvgIpc) is 3.25. The normalized spacial score (nSPS) is 22.3. The van der Waals surface area contributed by atoms with Gasteiger partial charge in [-0.3, -0.25) is 19.6 Å². The van der Waals surface area contributed by atoms with E-state index in [4.69, 9.17) is 4.74 Å². The summed E-state index contributed by atoms with van der Waals surface area (Å²) in [6, 6.07) is 12.8. The second-order valence-corrected chi connectivity index (χ2v) is 7.21. The first-order chi connectivity index (χ1) is 13.2. The second-order valence-electron chi connectivity index (χ2n) is 7.21. The van der Waals surface area contributed by atoms with E-state index in [0.717, 1.165) is 35.9 Å². The zero-order chi connectivity index (χ0) is 18.4. The first-order valence-electron chi connectivity index (χ1n) is 9.27. The lowest BCUT2D eigenvalue weighted by Crippen LogP contribution is -2.44. The number of ether oxygens (including phenoxy) is 1. The van der Waals surface area contributed by atoms with Crippen LogP contribution in [0.2, 0.25) is 0 Å². The molecule has 6 nitrogen and oxygen atoms in total. The van der Waals surface area contributed by atoms with Crippen LogP contribution in [0.4, 0.5) is 0 Å². The van der Waals surface area contributed by atoms with Crippen molar-refractivity contribution in [3.63, 3.8) is 0 Å². The van der Waals surface area contributed by atoms with Crippen molar-refractivity contribution in [2.24, 2.45) is 0 Å². The maximum atomic E-state index is 12.7. The lowest BCUT2D eigenvalue weighted by molar-refractivity contribution is 0.0452. The number of imide groups is 1. The Morgan fingerprint density at radius 2 is 1.81 bits per heavy atom. The molecule has 1 fully saturated rings. The van der Waals surface area contributed by atoms with Crippen molar-refractivity contribution < 1.29 is 14.3 Å². The number of benzene rings is 2. The van der Waals surface area contributed by atoms with Crippen molar-refractivity contribution >= 4 is 22.7 Å². The van der Waals surface area contributed by atoms with Crippen LogP contribution in [0, 0.1) is 0 Å². The van der Waals surface area contributed by atoms with Crippen LogP contribution in [0.5, 0.6) is 5.75 Å². The fourth-order valence-electron chi connectivity index (χ4n) is 4.19. The number of rotatable bonds is 3. The Balaban J connectivity index is 1.34. The minimum absolute atomic E-state index is 0.0163. The van der Waals surface area contributed by atoms with Gasteiger partial charge in [0.1, 0.15) is 11.9 Å². The van der Waals surface area contributed by atoms with Crippen molar-refractivity contribution in [1.82, 2.24) is 15.1 Å². The molecule has 1 saturated carbocycles. The molecule has 1 aliphatic heterocycles. The Kier molecular flexibility index (Phi) is 3.70. The fourth-order valence-corrected chi connectivity index (χ4v) is 4.19. The van der Waals surface area contributed by atoms with Gasteiger partial charge in [0, 0.05) is 17.8 Å². The van der Waals surface area contributed by atoms with E-state index in [9.17, 15) is 9.59 Å². The van der Waals surface area contributed by atoms with E-state index < -0.39 is 0 Å². The van der Waals surface area contributed by atoms with Gasteiger partial charge in [-0.15, -0.1) is 0 Å². The van der Waals surface area contributed by atoms with Gasteiger partial charge in [0.15, 0.2) is 0 Å². The van der Waals surface area contributed by atoms with Crippen molar-refractivity contribution in [2.75, 3.05) is 0 Å². The summed E-state index contributed by atoms with van der Waals surface area (Å²) in [6.07, 6.45) is 5.09. The summed E-state index contributed by atoms with van der Waals surface area (Å²) in [7, 11) is 0. The van der Waals surface area contributed by atoms with Crippen molar-refractivity contribution in [3.8, 4) is 5.75 Å². The van der Waals surface area contributed by atoms with Gasteiger partial charge in [0.2, 0.25) is 0 Å². The molecule has 136 valence electrons. The molecule has 1 aliphatic carbocycles. The minimum atomic E-state index is -0.180. The smallest absolute Gasteiger partial charge is 0.261 e. The Hall–Kier alpha value is -3.15. The van der Waals surface area contributed by atoms with Crippen LogP contribution in [0.25, 0.3) is 10.9 Å². The maximum Gasteiger partial charge on any atom is 0.261 e. The Bertz CT molecular complexity index is 1010. The molecule has 2 amide bonds. The number of amides is 2. The van der Waals surface area contributed by atoms with E-state index in [1.807, 2.05) is 18.2 Å². The predicted molar refractivity (Wildman–Crippen MR) is 99.7 cm³/mol. The predicted octanol–water partition coefficient (Wildman–Crippen LogP) is 3.55. The highest BCUT2D eigenvalue weighted by atomic mass is 16.5. The Morgan fingerprint density at radius 3 is 2.59 bits per heavy atom. The quantitative estimate of drug-likeness (QED) is 0.724. The fraction of sp³-hybridized carbons (Fsp3) is 0.286. The highest BCUT2D eigenvalue weighted by molar-refractivity contribution is 6.21. The zero-order valence-corrected chi connectivity index (χ0v) is 14.7. The SMILES string of the molecule is O=C1c2ccccc2C(=O)N1[C@H]1CCC[C@H](Oc2ccc3[nH]ncc3c2)C1. The van der Waals surface area contributed by atoms with Crippen LogP contribution in [0.15, 0.2) is 48.7 Å². The lowest BCUT2D eigenvalue weighted by atomic mass is 9.91. The molecule has 6 heteroatoms. The molecule has 2 aromatic carbocycles. The highest BCUT2D eigenvalue weighted by Crippen LogP contribution is 2.33. The summed E-state index contributed by atoms with van der Waals surface area (Å²) in [4.78, 5) is 26.9. The van der Waals surface area contributed by atoms with Crippen LogP contribution in [0.1, 0.15) is 46.4 Å². The molecule has 0 spiro atoms. The number of aromatic nitrogens is 2. The molecule has 2 aliphatic rings. The number of carbonyl (C=O) groups excluding carboxylic acids is 2. The molecule has 1 aromatic heterocycles. The number of hydrogen-bond donors (Lipinski definition) is 1. The van der Waals surface area contributed by atoms with E-state index in [-0.39, 0.29) is 24.0 Å². The molecule has 0 radical (unpaired) electrons. The van der Waals surface area contributed by atoms with E-state index in [1.165, 1.54) is 4.90 Å². The van der Waals surface area contributed by atoms with E-state index in [2.05, 4.69) is 10.2 Å². The molecule has 2 heterocycles. The van der Waals surface area contributed by atoms with Gasteiger partial charge >= 0.3 is 0 Å². The van der Waals surface area contributed by atoms with Crippen LogP contribution in [-0.2, 0) is 0 Å². The molecular weight excluding hydrogens is 342 g/mol. The molecular formula is C21H19N3O3. The summed E-state index contributed by atoms with van der Waals surface area (Å²) >= 11 is 0. The summed E-state index contributed by atoms with van der Waals surface area (Å²) in [6.45, 7) is 0. The maximum absolute atomic E-state index is 12.7. The molecule has 0 saturated heterocycles. The molecule has 2 atom stereocenters. The minimum Gasteiger partial charge on any atom is -0.490 e. The van der Waals surface area contributed by atoms with Gasteiger partial charge in [-0.25, -0.2) is 0 Å². The van der Waals surface area contributed by atoms with Gasteiger partial charge in [0.05, 0.1) is 22.8 Å². The van der Waals surface area contributed by atoms with Gasteiger partial charge in [-0.05, 0) is 49.6 Å². The zero-order valence-electron chi connectivity index (χ0n) is 14.7. The topological polar surface area (TPSA) is 75.3 Å². The summed E-state index contributed by atoms with van der Waals surface area (Å²) in [5.74, 6) is 0.430. The standard InChI is InChI=1S/C21H19N3O3/c25-20-17-6-1-2-7-18(17)21(26)24(20)14-4-3-5-15(11-14)27-16-8-9-19-13(10-16)12-22-23-19/h1-2,6-10,12,14-15H,3-5,11H2,(H,22,23)/t14-,15-/m0/s1. The van der Waals surface area contributed by atoms with Gasteiger partial charge in [-0.2, -0.15) is 5.10 Å². The first kappa shape index (κ1) is 16.1. The summed E-state index contributed by atoms with van der Waals surface area (Å²) in [5, 5.41) is 7.95. The Labute approximate surface area is 156 Å². The highest BCUT2D eigenvalue weighted by Gasteiger charge is 2.41. The van der Waals surface area contributed by atoms with Crippen LogP contribution in [-0.4, -0.2) is 39.1 Å². The third-order valence-electron chi connectivity index (χ3n) is 5.50. The first-order valence-corrected chi connectivity index (χ1v) is 9.27. The number of fused-ring (bicyclic) bond motifs is 2. The van der Waals surface area contributed by atoms with Gasteiger partial charge in [-0.1, -0.05) is 12.1 Å². The number of nitrogens with one attached hydrogen (secondary N) is 1. The number of nitrogens with zero attached hydrogens (tertiary/aromatic N) is 2. The van der Waals surface area contributed by atoms with Crippen molar-refractivity contribution in [3.05, 3.63) is 59.8 Å².